The van der Waals surface area contributed by atoms with Crippen molar-refractivity contribution in [2.45, 2.75) is 18.9 Å². The lowest BCUT2D eigenvalue weighted by molar-refractivity contribution is -0.150. The Balaban J connectivity index is 2.37. The van der Waals surface area contributed by atoms with Crippen LogP contribution in [0.3, 0.4) is 0 Å². The van der Waals surface area contributed by atoms with Crippen molar-refractivity contribution in [1.82, 2.24) is 0 Å². The lowest BCUT2D eigenvalue weighted by Gasteiger charge is -2.38. The van der Waals surface area contributed by atoms with E-state index in [4.69, 9.17) is 5.73 Å². The number of carbonyl (C=O) groups is 1. The fraction of sp³-hybridized carbons (Fsp3) is 0.462. The summed E-state index contributed by atoms with van der Waals surface area (Å²) in [6.45, 7) is 0. The van der Waals surface area contributed by atoms with E-state index in [0.29, 0.717) is 5.56 Å². The predicted molar refractivity (Wildman–Crippen MR) is 73.1 cm³/mol. The largest absolute Gasteiger partial charge is 0.508 e. The SMILES string of the molecule is NC1CS(=O)(=O)CCC1(Cc1ccccc1O)C(=O)O. The summed E-state index contributed by atoms with van der Waals surface area (Å²) in [5, 5.41) is 19.3. The summed E-state index contributed by atoms with van der Waals surface area (Å²) in [6, 6.07) is 5.43. The minimum Gasteiger partial charge on any atom is -0.508 e. The molecule has 1 heterocycles. The topological polar surface area (TPSA) is 118 Å². The highest BCUT2D eigenvalue weighted by atomic mass is 32.2. The molecule has 0 saturated carbocycles. The molecule has 0 aromatic heterocycles. The van der Waals surface area contributed by atoms with Crippen LogP contribution in [0.4, 0.5) is 0 Å². The van der Waals surface area contributed by atoms with Gasteiger partial charge in [-0.1, -0.05) is 18.2 Å². The van der Waals surface area contributed by atoms with Crippen LogP contribution < -0.4 is 5.73 Å². The van der Waals surface area contributed by atoms with Crippen LogP contribution in [0.25, 0.3) is 0 Å². The maximum atomic E-state index is 11.7. The van der Waals surface area contributed by atoms with E-state index in [-0.39, 0.29) is 30.1 Å². The Morgan fingerprint density at radius 3 is 2.60 bits per heavy atom. The van der Waals surface area contributed by atoms with E-state index in [1.807, 2.05) is 0 Å². The Labute approximate surface area is 117 Å². The fourth-order valence-electron chi connectivity index (χ4n) is 2.60. The lowest BCUT2D eigenvalue weighted by Crippen LogP contribution is -2.56. The number of aliphatic carboxylic acids is 1. The first kappa shape index (κ1) is 14.8. The Kier molecular flexibility index (Phi) is 3.75. The molecule has 1 saturated heterocycles. The van der Waals surface area contributed by atoms with Gasteiger partial charge in [-0.25, -0.2) is 8.42 Å². The highest BCUT2D eigenvalue weighted by molar-refractivity contribution is 7.91. The number of hydrogen-bond donors (Lipinski definition) is 3. The third-order valence-electron chi connectivity index (χ3n) is 3.93. The quantitative estimate of drug-likeness (QED) is 0.731. The van der Waals surface area contributed by atoms with Crippen LogP contribution in [0.15, 0.2) is 24.3 Å². The number of rotatable bonds is 3. The Hall–Kier alpha value is -1.60. The molecular weight excluding hydrogens is 282 g/mol. The Morgan fingerprint density at radius 2 is 2.05 bits per heavy atom. The molecule has 1 aromatic carbocycles. The maximum Gasteiger partial charge on any atom is 0.311 e. The Morgan fingerprint density at radius 1 is 1.40 bits per heavy atom. The summed E-state index contributed by atoms with van der Waals surface area (Å²) in [4.78, 5) is 11.7. The van der Waals surface area contributed by atoms with Crippen molar-refractivity contribution in [1.29, 1.82) is 0 Å². The number of carboxylic acid groups (broad SMARTS) is 1. The fourth-order valence-corrected chi connectivity index (χ4v) is 4.31. The van der Waals surface area contributed by atoms with Gasteiger partial charge < -0.3 is 15.9 Å². The van der Waals surface area contributed by atoms with E-state index >= 15 is 0 Å². The number of sulfone groups is 1. The summed E-state index contributed by atoms with van der Waals surface area (Å²) in [5.41, 5.74) is 4.95. The molecule has 2 unspecified atom stereocenters. The minimum absolute atomic E-state index is 0.00578. The molecule has 1 fully saturated rings. The van der Waals surface area contributed by atoms with Crippen molar-refractivity contribution in [3.05, 3.63) is 29.8 Å². The number of phenolic OH excluding ortho intramolecular Hbond substituents is 1. The van der Waals surface area contributed by atoms with Crippen molar-refractivity contribution in [2.75, 3.05) is 11.5 Å². The molecule has 20 heavy (non-hydrogen) atoms. The monoisotopic (exact) mass is 299 g/mol. The van der Waals surface area contributed by atoms with Gasteiger partial charge in [0.2, 0.25) is 0 Å². The van der Waals surface area contributed by atoms with E-state index in [0.717, 1.165) is 0 Å². The van der Waals surface area contributed by atoms with E-state index < -0.39 is 27.3 Å². The molecule has 1 aliphatic rings. The van der Waals surface area contributed by atoms with Gasteiger partial charge >= 0.3 is 5.97 Å². The number of para-hydroxylation sites is 1. The molecule has 0 spiro atoms. The summed E-state index contributed by atoms with van der Waals surface area (Å²) in [6.07, 6.45) is -0.0220. The summed E-state index contributed by atoms with van der Waals surface area (Å²) in [7, 11) is -3.29. The number of aromatic hydroxyl groups is 1. The smallest absolute Gasteiger partial charge is 0.311 e. The molecule has 2 atom stereocenters. The average molecular weight is 299 g/mol. The zero-order valence-electron chi connectivity index (χ0n) is 10.8. The molecule has 0 radical (unpaired) electrons. The first-order chi connectivity index (χ1) is 9.27. The molecule has 1 aliphatic heterocycles. The molecular formula is C13H17NO5S. The molecule has 6 nitrogen and oxygen atoms in total. The molecule has 110 valence electrons. The number of phenols is 1. The van der Waals surface area contributed by atoms with Crippen molar-refractivity contribution in [3.63, 3.8) is 0 Å². The average Bonchev–Trinajstić information content (AvgIpc) is 2.34. The second-order valence-electron chi connectivity index (χ2n) is 5.24. The van der Waals surface area contributed by atoms with Gasteiger partial charge in [0, 0.05) is 6.04 Å². The van der Waals surface area contributed by atoms with E-state index in [9.17, 15) is 23.4 Å². The predicted octanol–water partition coefficient (Wildman–Crippen LogP) is 0.151. The lowest BCUT2D eigenvalue weighted by atomic mass is 9.73. The Bertz CT molecular complexity index is 627. The second-order valence-corrected chi connectivity index (χ2v) is 7.47. The van der Waals surface area contributed by atoms with Gasteiger partial charge in [0.05, 0.1) is 16.9 Å². The zero-order valence-corrected chi connectivity index (χ0v) is 11.6. The molecule has 0 amide bonds. The molecule has 1 aromatic rings. The third-order valence-corrected chi connectivity index (χ3v) is 5.62. The van der Waals surface area contributed by atoms with Crippen LogP contribution in [0.2, 0.25) is 0 Å². The van der Waals surface area contributed by atoms with Crippen LogP contribution in [-0.4, -0.2) is 42.1 Å². The molecule has 7 heteroatoms. The van der Waals surface area contributed by atoms with Crippen molar-refractivity contribution in [3.8, 4) is 5.75 Å². The first-order valence-corrected chi connectivity index (χ1v) is 8.05. The van der Waals surface area contributed by atoms with Crippen molar-refractivity contribution >= 4 is 15.8 Å². The molecule has 0 bridgehead atoms. The van der Waals surface area contributed by atoms with Gasteiger partial charge in [-0.15, -0.1) is 0 Å². The van der Waals surface area contributed by atoms with Crippen LogP contribution in [0.5, 0.6) is 5.75 Å². The molecule has 0 aliphatic carbocycles. The number of carboxylic acids is 1. The minimum atomic E-state index is -3.29. The standard InChI is InChI=1S/C13H17NO5S/c14-11-8-20(18,19)6-5-13(11,12(16)17)7-9-3-1-2-4-10(9)15/h1-4,11,15H,5-8,14H2,(H,16,17). The third kappa shape index (κ3) is 2.64. The molecule has 4 N–H and O–H groups in total. The maximum absolute atomic E-state index is 11.7. The van der Waals surface area contributed by atoms with E-state index in [1.54, 1.807) is 18.2 Å². The first-order valence-electron chi connectivity index (χ1n) is 6.23. The van der Waals surface area contributed by atoms with Crippen LogP contribution in [0, 0.1) is 5.41 Å². The van der Waals surface area contributed by atoms with Gasteiger partial charge in [0.1, 0.15) is 5.75 Å². The van der Waals surface area contributed by atoms with E-state index in [2.05, 4.69) is 0 Å². The van der Waals surface area contributed by atoms with Crippen LogP contribution >= 0.6 is 0 Å². The summed E-state index contributed by atoms with van der Waals surface area (Å²) < 4.78 is 23.1. The number of hydrogen-bond acceptors (Lipinski definition) is 5. The zero-order chi connectivity index (χ0) is 15.0. The second kappa shape index (κ2) is 5.06. The van der Waals surface area contributed by atoms with Gasteiger partial charge in [-0.05, 0) is 24.5 Å². The van der Waals surface area contributed by atoms with Gasteiger partial charge in [0.25, 0.3) is 0 Å². The summed E-state index contributed by atoms with van der Waals surface area (Å²) in [5.74, 6) is -1.66. The van der Waals surface area contributed by atoms with Gasteiger partial charge in [0.15, 0.2) is 9.84 Å². The van der Waals surface area contributed by atoms with Gasteiger partial charge in [-0.2, -0.15) is 0 Å². The van der Waals surface area contributed by atoms with E-state index in [1.165, 1.54) is 6.07 Å². The highest BCUT2D eigenvalue weighted by Crippen LogP contribution is 2.37. The number of benzene rings is 1. The number of nitrogens with two attached hydrogens (primary N) is 1. The molecule has 2 rings (SSSR count). The van der Waals surface area contributed by atoms with Gasteiger partial charge in [-0.3, -0.25) is 4.79 Å². The normalized spacial score (nSPS) is 28.9. The van der Waals surface area contributed by atoms with Crippen molar-refractivity contribution in [2.24, 2.45) is 11.1 Å². The van der Waals surface area contributed by atoms with Crippen LogP contribution in [0.1, 0.15) is 12.0 Å². The summed E-state index contributed by atoms with van der Waals surface area (Å²) >= 11 is 0. The highest BCUT2D eigenvalue weighted by Gasteiger charge is 2.49. The van der Waals surface area contributed by atoms with Crippen molar-refractivity contribution < 1.29 is 23.4 Å². The van der Waals surface area contributed by atoms with Crippen LogP contribution in [-0.2, 0) is 21.1 Å².